The second kappa shape index (κ2) is 5.39. The van der Waals surface area contributed by atoms with Gasteiger partial charge in [-0.05, 0) is 25.5 Å². The molecule has 82 valence electrons. The van der Waals surface area contributed by atoms with Crippen molar-refractivity contribution < 1.29 is 4.39 Å². The lowest BCUT2D eigenvalue weighted by molar-refractivity contribution is 0.507. The van der Waals surface area contributed by atoms with Crippen molar-refractivity contribution >= 4 is 15.9 Å². The van der Waals surface area contributed by atoms with Crippen LogP contribution in [0, 0.1) is 5.82 Å². The number of hydrogen-bond acceptors (Lipinski definition) is 2. The van der Waals surface area contributed by atoms with E-state index in [0.717, 1.165) is 5.57 Å². The largest absolute Gasteiger partial charge is 0.271 e. The highest BCUT2D eigenvalue weighted by Gasteiger charge is 2.17. The summed E-state index contributed by atoms with van der Waals surface area (Å²) in [5.74, 6) is 5.14. The molecule has 1 unspecified atom stereocenters. The topological polar surface area (TPSA) is 38.0 Å². The molecule has 0 bridgehead atoms. The lowest BCUT2D eigenvalue weighted by Gasteiger charge is -2.18. The number of rotatable bonds is 4. The van der Waals surface area contributed by atoms with E-state index in [9.17, 15) is 4.39 Å². The van der Waals surface area contributed by atoms with Crippen LogP contribution in [0.2, 0.25) is 0 Å². The Kier molecular flexibility index (Phi) is 4.45. The molecule has 1 atom stereocenters. The molecule has 0 spiro atoms. The molecular weight excluding hydrogens is 259 g/mol. The third kappa shape index (κ3) is 3.12. The average Bonchev–Trinajstić information content (AvgIpc) is 2.15. The van der Waals surface area contributed by atoms with E-state index in [2.05, 4.69) is 27.9 Å². The van der Waals surface area contributed by atoms with Gasteiger partial charge in [0.1, 0.15) is 5.82 Å². The minimum absolute atomic E-state index is 0.252. The van der Waals surface area contributed by atoms with Gasteiger partial charge in [-0.2, -0.15) is 0 Å². The van der Waals surface area contributed by atoms with Crippen LogP contribution in [0.5, 0.6) is 0 Å². The standard InChI is InChI=1S/C11H14BrFN2/c1-7(2)6-10(15-14)11-8(12)4-3-5-9(11)13/h3-5,10,15H,1,6,14H2,2H3. The Morgan fingerprint density at radius 3 is 2.80 bits per heavy atom. The van der Waals surface area contributed by atoms with Crippen molar-refractivity contribution in [2.45, 2.75) is 19.4 Å². The molecule has 0 aliphatic heterocycles. The van der Waals surface area contributed by atoms with Crippen LogP contribution < -0.4 is 11.3 Å². The molecular formula is C11H14BrFN2. The van der Waals surface area contributed by atoms with Gasteiger partial charge in [0.05, 0.1) is 6.04 Å². The minimum atomic E-state index is -0.270. The maximum Gasteiger partial charge on any atom is 0.129 e. The van der Waals surface area contributed by atoms with E-state index in [4.69, 9.17) is 5.84 Å². The fourth-order valence-corrected chi connectivity index (χ4v) is 2.05. The molecule has 1 aromatic carbocycles. The summed E-state index contributed by atoms with van der Waals surface area (Å²) in [6.45, 7) is 5.68. The van der Waals surface area contributed by atoms with E-state index in [1.807, 2.05) is 6.92 Å². The van der Waals surface area contributed by atoms with Crippen molar-refractivity contribution in [3.05, 3.63) is 46.2 Å². The maximum absolute atomic E-state index is 13.6. The lowest BCUT2D eigenvalue weighted by atomic mass is 10.0. The molecule has 0 aliphatic carbocycles. The molecule has 4 heteroatoms. The zero-order valence-electron chi connectivity index (χ0n) is 8.56. The first-order valence-corrected chi connectivity index (χ1v) is 5.40. The Bertz CT molecular complexity index is 345. The monoisotopic (exact) mass is 272 g/mol. The highest BCUT2D eigenvalue weighted by Crippen LogP contribution is 2.29. The molecule has 0 aliphatic rings. The quantitative estimate of drug-likeness (QED) is 0.502. The molecule has 0 saturated carbocycles. The normalized spacial score (nSPS) is 12.5. The molecule has 1 aromatic rings. The SMILES string of the molecule is C=C(C)CC(NN)c1c(F)cccc1Br. The summed E-state index contributed by atoms with van der Waals surface area (Å²) in [5.41, 5.74) is 4.10. The van der Waals surface area contributed by atoms with Crippen LogP contribution in [-0.2, 0) is 0 Å². The van der Waals surface area contributed by atoms with Crippen LogP contribution in [0.25, 0.3) is 0 Å². The summed E-state index contributed by atoms with van der Waals surface area (Å²) < 4.78 is 14.3. The van der Waals surface area contributed by atoms with Crippen LogP contribution in [0.3, 0.4) is 0 Å². The lowest BCUT2D eigenvalue weighted by Crippen LogP contribution is -2.29. The van der Waals surface area contributed by atoms with Crippen LogP contribution >= 0.6 is 15.9 Å². The smallest absolute Gasteiger partial charge is 0.129 e. The third-order valence-corrected chi connectivity index (χ3v) is 2.79. The second-order valence-electron chi connectivity index (χ2n) is 3.52. The van der Waals surface area contributed by atoms with Crippen molar-refractivity contribution in [1.29, 1.82) is 0 Å². The number of hydrogen-bond donors (Lipinski definition) is 2. The molecule has 0 aromatic heterocycles. The zero-order chi connectivity index (χ0) is 11.4. The number of nitrogens with one attached hydrogen (secondary N) is 1. The summed E-state index contributed by atoms with van der Waals surface area (Å²) in [6.07, 6.45) is 0.607. The van der Waals surface area contributed by atoms with Crippen molar-refractivity contribution in [2.75, 3.05) is 0 Å². The Balaban J connectivity index is 3.05. The van der Waals surface area contributed by atoms with Gasteiger partial charge in [-0.3, -0.25) is 11.3 Å². The second-order valence-corrected chi connectivity index (χ2v) is 4.37. The molecule has 0 saturated heterocycles. The fraction of sp³-hybridized carbons (Fsp3) is 0.273. The van der Waals surface area contributed by atoms with Crippen molar-refractivity contribution in [2.24, 2.45) is 5.84 Å². The van der Waals surface area contributed by atoms with Gasteiger partial charge in [-0.1, -0.05) is 27.6 Å². The van der Waals surface area contributed by atoms with Gasteiger partial charge < -0.3 is 0 Å². The summed E-state index contributed by atoms with van der Waals surface area (Å²) in [6, 6.07) is 4.61. The summed E-state index contributed by atoms with van der Waals surface area (Å²) in [4.78, 5) is 0. The molecule has 0 radical (unpaired) electrons. The van der Waals surface area contributed by atoms with E-state index >= 15 is 0 Å². The molecule has 0 fully saturated rings. The van der Waals surface area contributed by atoms with Gasteiger partial charge in [0.2, 0.25) is 0 Å². The molecule has 1 rings (SSSR count). The first kappa shape index (κ1) is 12.4. The van der Waals surface area contributed by atoms with Gasteiger partial charge in [0, 0.05) is 10.0 Å². The number of hydrazine groups is 1. The highest BCUT2D eigenvalue weighted by molar-refractivity contribution is 9.10. The van der Waals surface area contributed by atoms with Gasteiger partial charge in [0.15, 0.2) is 0 Å². The number of nitrogens with two attached hydrogens (primary N) is 1. The molecule has 15 heavy (non-hydrogen) atoms. The van der Waals surface area contributed by atoms with Crippen LogP contribution in [-0.4, -0.2) is 0 Å². The van der Waals surface area contributed by atoms with Gasteiger partial charge >= 0.3 is 0 Å². The maximum atomic E-state index is 13.6. The summed E-state index contributed by atoms with van der Waals surface area (Å²) in [5, 5.41) is 0. The molecule has 3 N–H and O–H groups in total. The van der Waals surface area contributed by atoms with Crippen molar-refractivity contribution in [1.82, 2.24) is 5.43 Å². The van der Waals surface area contributed by atoms with Gasteiger partial charge in [-0.25, -0.2) is 4.39 Å². The first-order chi connectivity index (χ1) is 7.06. The third-order valence-electron chi connectivity index (χ3n) is 2.10. The van der Waals surface area contributed by atoms with E-state index in [1.54, 1.807) is 12.1 Å². The van der Waals surface area contributed by atoms with Crippen LogP contribution in [0.15, 0.2) is 34.8 Å². The van der Waals surface area contributed by atoms with Crippen molar-refractivity contribution in [3.8, 4) is 0 Å². The van der Waals surface area contributed by atoms with Gasteiger partial charge in [-0.15, -0.1) is 6.58 Å². The molecule has 0 amide bonds. The Morgan fingerprint density at radius 2 is 2.33 bits per heavy atom. The predicted molar refractivity (Wildman–Crippen MR) is 63.6 cm³/mol. The number of benzene rings is 1. The Hall–Kier alpha value is -0.710. The summed E-state index contributed by atoms with van der Waals surface area (Å²) in [7, 11) is 0. The Morgan fingerprint density at radius 1 is 1.67 bits per heavy atom. The van der Waals surface area contributed by atoms with Crippen LogP contribution in [0.4, 0.5) is 4.39 Å². The fourth-order valence-electron chi connectivity index (χ4n) is 1.44. The van der Waals surface area contributed by atoms with Crippen LogP contribution in [0.1, 0.15) is 24.9 Å². The number of halogens is 2. The zero-order valence-corrected chi connectivity index (χ0v) is 10.1. The average molecular weight is 273 g/mol. The van der Waals surface area contributed by atoms with E-state index < -0.39 is 0 Å². The van der Waals surface area contributed by atoms with E-state index in [-0.39, 0.29) is 11.9 Å². The summed E-state index contributed by atoms with van der Waals surface area (Å²) >= 11 is 3.31. The Labute approximate surface area is 97.5 Å². The predicted octanol–water partition coefficient (Wildman–Crippen LogP) is 3.06. The van der Waals surface area contributed by atoms with Gasteiger partial charge in [0.25, 0.3) is 0 Å². The first-order valence-electron chi connectivity index (χ1n) is 4.60. The van der Waals surface area contributed by atoms with E-state index in [1.165, 1.54) is 6.07 Å². The molecule has 0 heterocycles. The highest BCUT2D eigenvalue weighted by atomic mass is 79.9. The minimum Gasteiger partial charge on any atom is -0.271 e. The van der Waals surface area contributed by atoms with E-state index in [0.29, 0.717) is 16.5 Å². The van der Waals surface area contributed by atoms with Crippen molar-refractivity contribution in [3.63, 3.8) is 0 Å². The molecule has 2 nitrogen and oxygen atoms in total.